The molecule has 2 nitrogen and oxygen atoms in total. The Morgan fingerprint density at radius 2 is 2.35 bits per heavy atom. The average Bonchev–Trinajstić information content (AvgIpc) is 2.69. The number of likely N-dealkylation sites (tertiary alicyclic amines) is 1. The van der Waals surface area contributed by atoms with Crippen molar-refractivity contribution in [1.29, 1.82) is 0 Å². The van der Waals surface area contributed by atoms with Gasteiger partial charge in [-0.25, -0.2) is 0 Å². The molecule has 0 saturated carbocycles. The molecule has 2 heterocycles. The largest absolute Gasteiger partial charge is 0.300 e. The van der Waals surface area contributed by atoms with Crippen LogP contribution < -0.4 is 0 Å². The van der Waals surface area contributed by atoms with Gasteiger partial charge in [0.15, 0.2) is 0 Å². The molecule has 1 aromatic rings. The number of carbonyl (C=O) groups is 1. The zero-order valence-electron chi connectivity index (χ0n) is 10.5. The number of rotatable bonds is 4. The number of nitrogens with zero attached hydrogens (tertiary/aromatic N) is 1. The fourth-order valence-electron chi connectivity index (χ4n) is 2.63. The van der Waals surface area contributed by atoms with Crippen molar-refractivity contribution in [2.24, 2.45) is 0 Å². The molecule has 3 heteroatoms. The van der Waals surface area contributed by atoms with E-state index in [9.17, 15) is 4.79 Å². The van der Waals surface area contributed by atoms with E-state index in [-0.39, 0.29) is 0 Å². The van der Waals surface area contributed by atoms with Crippen LogP contribution in [-0.4, -0.2) is 23.3 Å². The Hall–Kier alpha value is -0.670. The number of carbonyl (C=O) groups excluding carboxylic acids is 1. The maximum atomic E-state index is 11.3. The van der Waals surface area contributed by atoms with Gasteiger partial charge in [-0.15, -0.1) is 0 Å². The van der Waals surface area contributed by atoms with Gasteiger partial charge in [-0.05, 0) is 48.7 Å². The molecule has 0 aliphatic carbocycles. The molecule has 0 spiro atoms. The second kappa shape index (κ2) is 6.31. The summed E-state index contributed by atoms with van der Waals surface area (Å²) in [5, 5.41) is 4.35. The number of ketones is 1. The average molecular weight is 251 g/mol. The quantitative estimate of drug-likeness (QED) is 0.816. The first-order chi connectivity index (χ1) is 8.25. The third-order valence-corrected chi connectivity index (χ3v) is 4.22. The lowest BCUT2D eigenvalue weighted by atomic mass is 10.0. The summed E-state index contributed by atoms with van der Waals surface area (Å²) >= 11 is 1.75. The SMILES string of the molecule is CC(=O)CC1CCCCCN1Cc1ccsc1. The molecule has 1 saturated heterocycles. The van der Waals surface area contributed by atoms with E-state index >= 15 is 0 Å². The van der Waals surface area contributed by atoms with Crippen molar-refractivity contribution >= 4 is 17.1 Å². The molecule has 1 unspecified atom stereocenters. The van der Waals surface area contributed by atoms with E-state index in [0.717, 1.165) is 19.5 Å². The summed E-state index contributed by atoms with van der Waals surface area (Å²) in [5.41, 5.74) is 1.39. The van der Waals surface area contributed by atoms with Crippen molar-refractivity contribution in [2.45, 2.75) is 51.6 Å². The Morgan fingerprint density at radius 3 is 3.06 bits per heavy atom. The van der Waals surface area contributed by atoms with E-state index in [0.29, 0.717) is 11.8 Å². The second-order valence-electron chi connectivity index (χ2n) is 5.01. The van der Waals surface area contributed by atoms with Gasteiger partial charge in [0.05, 0.1) is 0 Å². The molecule has 0 aromatic carbocycles. The number of thiophene rings is 1. The molecule has 1 atom stereocenters. The first kappa shape index (κ1) is 12.8. The molecule has 2 rings (SSSR count). The van der Waals surface area contributed by atoms with Gasteiger partial charge in [-0.1, -0.05) is 12.8 Å². The highest BCUT2D eigenvalue weighted by Crippen LogP contribution is 2.22. The van der Waals surface area contributed by atoms with Crippen molar-refractivity contribution in [2.75, 3.05) is 6.54 Å². The van der Waals surface area contributed by atoms with Crippen molar-refractivity contribution in [1.82, 2.24) is 4.90 Å². The van der Waals surface area contributed by atoms with E-state index in [4.69, 9.17) is 0 Å². The number of hydrogen-bond acceptors (Lipinski definition) is 3. The van der Waals surface area contributed by atoms with Crippen molar-refractivity contribution in [3.05, 3.63) is 22.4 Å². The van der Waals surface area contributed by atoms with Crippen LogP contribution in [0.5, 0.6) is 0 Å². The molecular formula is C14H21NOS. The van der Waals surface area contributed by atoms with Gasteiger partial charge in [0, 0.05) is 19.0 Å². The maximum Gasteiger partial charge on any atom is 0.131 e. The Kier molecular flexibility index (Phi) is 4.75. The Bertz CT molecular complexity index is 347. The molecule has 94 valence electrons. The van der Waals surface area contributed by atoms with E-state index in [1.165, 1.54) is 31.2 Å². The van der Waals surface area contributed by atoms with Crippen LogP contribution in [0, 0.1) is 0 Å². The summed E-state index contributed by atoms with van der Waals surface area (Å²) in [6.45, 7) is 3.88. The number of Topliss-reactive ketones (excluding diaryl/α,β-unsaturated/α-hetero) is 1. The van der Waals surface area contributed by atoms with Gasteiger partial charge < -0.3 is 0 Å². The smallest absolute Gasteiger partial charge is 0.131 e. The van der Waals surface area contributed by atoms with Gasteiger partial charge in [0.25, 0.3) is 0 Å². The lowest BCUT2D eigenvalue weighted by Crippen LogP contribution is -2.35. The van der Waals surface area contributed by atoms with Crippen molar-refractivity contribution in [3.8, 4) is 0 Å². The summed E-state index contributed by atoms with van der Waals surface area (Å²) in [5.74, 6) is 0.326. The third-order valence-electron chi connectivity index (χ3n) is 3.49. The minimum absolute atomic E-state index is 0.326. The molecule has 17 heavy (non-hydrogen) atoms. The minimum Gasteiger partial charge on any atom is -0.300 e. The van der Waals surface area contributed by atoms with Crippen LogP contribution >= 0.6 is 11.3 Å². The lowest BCUT2D eigenvalue weighted by molar-refractivity contribution is -0.118. The van der Waals surface area contributed by atoms with Gasteiger partial charge in [0.1, 0.15) is 5.78 Å². The van der Waals surface area contributed by atoms with Crippen LogP contribution in [0.25, 0.3) is 0 Å². The molecule has 1 aliphatic rings. The standard InChI is InChI=1S/C14H21NOS/c1-12(16)9-14-5-3-2-4-7-15(14)10-13-6-8-17-11-13/h6,8,11,14H,2-5,7,9-10H2,1H3. The Balaban J connectivity index is 2.00. The fraction of sp³-hybridized carbons (Fsp3) is 0.643. The fourth-order valence-corrected chi connectivity index (χ4v) is 3.28. The second-order valence-corrected chi connectivity index (χ2v) is 5.79. The minimum atomic E-state index is 0.326. The predicted molar refractivity (Wildman–Crippen MR) is 72.3 cm³/mol. The highest BCUT2D eigenvalue weighted by atomic mass is 32.1. The first-order valence-corrected chi connectivity index (χ1v) is 7.44. The first-order valence-electron chi connectivity index (χ1n) is 6.50. The van der Waals surface area contributed by atoms with Gasteiger partial charge >= 0.3 is 0 Å². The van der Waals surface area contributed by atoms with Gasteiger partial charge in [-0.3, -0.25) is 9.69 Å². The molecule has 0 amide bonds. The van der Waals surface area contributed by atoms with E-state index < -0.39 is 0 Å². The zero-order chi connectivity index (χ0) is 12.1. The van der Waals surface area contributed by atoms with Crippen LogP contribution in [-0.2, 0) is 11.3 Å². The third kappa shape index (κ3) is 3.93. The topological polar surface area (TPSA) is 20.3 Å². The summed E-state index contributed by atoms with van der Waals surface area (Å²) in [7, 11) is 0. The molecule has 0 bridgehead atoms. The number of hydrogen-bond donors (Lipinski definition) is 0. The van der Waals surface area contributed by atoms with Crippen LogP contribution in [0.2, 0.25) is 0 Å². The van der Waals surface area contributed by atoms with Crippen LogP contribution in [0.1, 0.15) is 44.6 Å². The zero-order valence-corrected chi connectivity index (χ0v) is 11.3. The van der Waals surface area contributed by atoms with Gasteiger partial charge in [-0.2, -0.15) is 11.3 Å². The summed E-state index contributed by atoms with van der Waals surface area (Å²) in [4.78, 5) is 13.9. The Morgan fingerprint density at radius 1 is 1.47 bits per heavy atom. The molecule has 1 fully saturated rings. The van der Waals surface area contributed by atoms with Crippen molar-refractivity contribution in [3.63, 3.8) is 0 Å². The molecular weight excluding hydrogens is 230 g/mol. The maximum absolute atomic E-state index is 11.3. The van der Waals surface area contributed by atoms with Crippen LogP contribution in [0.3, 0.4) is 0 Å². The monoisotopic (exact) mass is 251 g/mol. The van der Waals surface area contributed by atoms with E-state index in [1.54, 1.807) is 18.3 Å². The molecule has 1 aliphatic heterocycles. The van der Waals surface area contributed by atoms with Gasteiger partial charge in [0.2, 0.25) is 0 Å². The normalized spacial score (nSPS) is 22.3. The van der Waals surface area contributed by atoms with E-state index in [2.05, 4.69) is 21.7 Å². The van der Waals surface area contributed by atoms with E-state index in [1.807, 2.05) is 0 Å². The molecule has 0 N–H and O–H groups in total. The molecule has 0 radical (unpaired) electrons. The lowest BCUT2D eigenvalue weighted by Gasteiger charge is -2.29. The molecule has 1 aromatic heterocycles. The van der Waals surface area contributed by atoms with Crippen molar-refractivity contribution < 1.29 is 4.79 Å². The predicted octanol–water partition coefficient (Wildman–Crippen LogP) is 3.47. The Labute approximate surface area is 108 Å². The van der Waals surface area contributed by atoms with Crippen LogP contribution in [0.15, 0.2) is 16.8 Å². The highest BCUT2D eigenvalue weighted by Gasteiger charge is 2.22. The van der Waals surface area contributed by atoms with Crippen LogP contribution in [0.4, 0.5) is 0 Å². The highest BCUT2D eigenvalue weighted by molar-refractivity contribution is 7.07. The summed E-state index contributed by atoms with van der Waals surface area (Å²) in [6.07, 6.45) is 5.78. The summed E-state index contributed by atoms with van der Waals surface area (Å²) in [6, 6.07) is 2.66. The summed E-state index contributed by atoms with van der Waals surface area (Å²) < 4.78 is 0.